The van der Waals surface area contributed by atoms with Gasteiger partial charge in [-0.1, -0.05) is 44.7 Å². The van der Waals surface area contributed by atoms with Crippen LogP contribution in [0.2, 0.25) is 0 Å². The number of esters is 1. The summed E-state index contributed by atoms with van der Waals surface area (Å²) in [6.07, 6.45) is 5.84. The quantitative estimate of drug-likeness (QED) is 0.120. The van der Waals surface area contributed by atoms with E-state index in [0.717, 1.165) is 22.7 Å². The zero-order chi connectivity index (χ0) is 22.4. The minimum atomic E-state index is -0.358. The number of anilines is 1. The lowest BCUT2D eigenvalue weighted by molar-refractivity contribution is -0.143. The molecule has 1 rings (SSSR count). The Hall–Kier alpha value is -2.82. The van der Waals surface area contributed by atoms with E-state index in [1.54, 1.807) is 6.08 Å². The lowest BCUT2D eigenvalue weighted by Crippen LogP contribution is -2.36. The molecule has 7 heteroatoms. The van der Waals surface area contributed by atoms with Crippen LogP contribution < -0.4 is 10.3 Å². The number of thioether (sulfide) groups is 1. The number of nitrogens with one attached hydrogen (secondary N) is 1. The third kappa shape index (κ3) is 8.27. The van der Waals surface area contributed by atoms with Gasteiger partial charge in [0.1, 0.15) is 6.04 Å². The van der Waals surface area contributed by atoms with E-state index in [1.807, 2.05) is 42.3 Å². The predicted octanol–water partition coefficient (Wildman–Crippen LogP) is 4.99. The summed E-state index contributed by atoms with van der Waals surface area (Å²) < 4.78 is 4.80. The fraction of sp³-hybridized carbons (Fsp3) is 0.348. The predicted molar refractivity (Wildman–Crippen MR) is 126 cm³/mol. The molecule has 0 fully saturated rings. The number of nitriles is 1. The van der Waals surface area contributed by atoms with Crippen LogP contribution in [0.1, 0.15) is 33.1 Å². The molecule has 0 saturated heterocycles. The molecule has 0 amide bonds. The molecule has 1 aromatic rings. The molecule has 1 unspecified atom stereocenters. The summed E-state index contributed by atoms with van der Waals surface area (Å²) in [7, 11) is 1.38. The average Bonchev–Trinajstić information content (AvgIpc) is 2.78. The van der Waals surface area contributed by atoms with Crippen LogP contribution in [0.3, 0.4) is 0 Å². The van der Waals surface area contributed by atoms with Gasteiger partial charge in [-0.2, -0.15) is 10.4 Å². The molecule has 1 aromatic carbocycles. The van der Waals surface area contributed by atoms with Crippen molar-refractivity contribution in [3.8, 4) is 6.07 Å². The number of carbonyl (C=O) groups is 1. The number of para-hydroxylation sites is 1. The molecule has 6 nitrogen and oxygen atoms in total. The first kappa shape index (κ1) is 25.2. The summed E-state index contributed by atoms with van der Waals surface area (Å²) in [4.78, 5) is 12.7. The van der Waals surface area contributed by atoms with Gasteiger partial charge in [0.25, 0.3) is 0 Å². The van der Waals surface area contributed by atoms with E-state index in [0.29, 0.717) is 24.3 Å². The van der Waals surface area contributed by atoms with Crippen molar-refractivity contribution in [3.63, 3.8) is 0 Å². The SMILES string of the molecule is C=NN(/C(=C/C/C(=C/C(=C)C#N)SCNC(CC)C(=O)OC)CC)c1ccccc1. The number of carbonyl (C=O) groups excluding carboxylic acids is 1. The molecule has 0 aromatic heterocycles. The minimum absolute atomic E-state index is 0.284. The maximum absolute atomic E-state index is 11.7. The number of rotatable bonds is 13. The Balaban J connectivity index is 2.94. The molecule has 1 atom stereocenters. The molecule has 0 bridgehead atoms. The molecule has 0 aliphatic heterocycles. The second-order valence-corrected chi connectivity index (χ2v) is 7.37. The normalized spacial score (nSPS) is 12.6. The van der Waals surface area contributed by atoms with Crippen LogP contribution >= 0.6 is 11.8 Å². The molecule has 30 heavy (non-hydrogen) atoms. The zero-order valence-electron chi connectivity index (χ0n) is 17.9. The van der Waals surface area contributed by atoms with Gasteiger partial charge in [-0.15, -0.1) is 11.8 Å². The first-order valence-corrected chi connectivity index (χ1v) is 10.7. The van der Waals surface area contributed by atoms with E-state index in [1.165, 1.54) is 18.9 Å². The Morgan fingerprint density at radius 3 is 2.63 bits per heavy atom. The van der Waals surface area contributed by atoms with E-state index in [2.05, 4.69) is 42.8 Å². The van der Waals surface area contributed by atoms with Gasteiger partial charge < -0.3 is 4.74 Å². The van der Waals surface area contributed by atoms with Gasteiger partial charge in [-0.25, -0.2) is 5.01 Å². The van der Waals surface area contributed by atoms with Gasteiger partial charge in [-0.05, 0) is 42.4 Å². The molecule has 160 valence electrons. The first-order valence-electron chi connectivity index (χ1n) is 9.75. The van der Waals surface area contributed by atoms with Crippen molar-refractivity contribution in [2.45, 2.75) is 39.2 Å². The summed E-state index contributed by atoms with van der Waals surface area (Å²) in [6.45, 7) is 11.4. The van der Waals surface area contributed by atoms with Crippen molar-refractivity contribution >= 4 is 30.1 Å². The maximum Gasteiger partial charge on any atom is 0.322 e. The number of methoxy groups -OCH3 is 1. The summed E-state index contributed by atoms with van der Waals surface area (Å²) in [6, 6.07) is 11.5. The zero-order valence-corrected chi connectivity index (χ0v) is 18.7. The van der Waals surface area contributed by atoms with Crippen molar-refractivity contribution in [3.05, 3.63) is 65.2 Å². The van der Waals surface area contributed by atoms with Crippen LogP contribution in [-0.4, -0.2) is 31.7 Å². The second kappa shape index (κ2) is 14.2. The number of hydrogen-bond donors (Lipinski definition) is 1. The molecule has 1 N–H and O–H groups in total. The second-order valence-electron chi connectivity index (χ2n) is 6.27. The number of ether oxygens (including phenoxy) is 1. The van der Waals surface area contributed by atoms with Crippen LogP contribution in [0.4, 0.5) is 5.69 Å². The number of nitrogens with zero attached hydrogens (tertiary/aromatic N) is 3. The van der Waals surface area contributed by atoms with Gasteiger partial charge >= 0.3 is 5.97 Å². The summed E-state index contributed by atoms with van der Waals surface area (Å²) in [5.74, 6) is 0.226. The monoisotopic (exact) mass is 426 g/mol. The van der Waals surface area contributed by atoms with Crippen molar-refractivity contribution in [1.82, 2.24) is 5.32 Å². The highest BCUT2D eigenvalue weighted by Gasteiger charge is 2.16. The molecular formula is C23H30N4O2S. The molecule has 0 radical (unpaired) electrons. The summed E-state index contributed by atoms with van der Waals surface area (Å²) in [5.41, 5.74) is 2.32. The molecule has 0 aliphatic carbocycles. The fourth-order valence-corrected chi connectivity index (χ4v) is 3.56. The molecule has 0 aliphatic rings. The van der Waals surface area contributed by atoms with E-state index in [4.69, 9.17) is 10.00 Å². The van der Waals surface area contributed by atoms with Crippen molar-refractivity contribution < 1.29 is 9.53 Å². The third-order valence-corrected chi connectivity index (χ3v) is 5.24. The van der Waals surface area contributed by atoms with Gasteiger partial charge in [0.05, 0.1) is 18.9 Å². The fourth-order valence-electron chi connectivity index (χ4n) is 2.66. The van der Waals surface area contributed by atoms with Gasteiger partial charge in [-0.3, -0.25) is 10.1 Å². The first-order chi connectivity index (χ1) is 14.5. The van der Waals surface area contributed by atoms with Crippen LogP contribution in [0.25, 0.3) is 0 Å². The third-order valence-electron chi connectivity index (χ3n) is 4.28. The van der Waals surface area contributed by atoms with Crippen LogP contribution in [0.5, 0.6) is 0 Å². The highest BCUT2D eigenvalue weighted by Crippen LogP contribution is 2.26. The van der Waals surface area contributed by atoms with Crippen LogP contribution in [0.15, 0.2) is 70.3 Å². The topological polar surface area (TPSA) is 77.7 Å². The maximum atomic E-state index is 11.7. The van der Waals surface area contributed by atoms with E-state index in [9.17, 15) is 4.79 Å². The van der Waals surface area contributed by atoms with Crippen molar-refractivity contribution in [1.29, 1.82) is 5.26 Å². The average molecular weight is 427 g/mol. The molecule has 0 saturated carbocycles. The van der Waals surface area contributed by atoms with E-state index in [-0.39, 0.29) is 12.0 Å². The lowest BCUT2D eigenvalue weighted by atomic mass is 10.2. The van der Waals surface area contributed by atoms with Gasteiger partial charge in [0, 0.05) is 23.9 Å². The molecule has 0 spiro atoms. The number of allylic oxidation sites excluding steroid dienone is 5. The smallest absolute Gasteiger partial charge is 0.322 e. The van der Waals surface area contributed by atoms with Gasteiger partial charge in [0.15, 0.2) is 0 Å². The van der Waals surface area contributed by atoms with Crippen molar-refractivity contribution in [2.75, 3.05) is 18.0 Å². The number of hydrogen-bond acceptors (Lipinski definition) is 7. The Kier molecular flexibility index (Phi) is 11.9. The van der Waals surface area contributed by atoms with Crippen LogP contribution in [0, 0.1) is 11.3 Å². The summed E-state index contributed by atoms with van der Waals surface area (Å²) in [5, 5.41) is 18.3. The highest BCUT2D eigenvalue weighted by molar-refractivity contribution is 8.03. The Labute approximate surface area is 184 Å². The number of hydrazone groups is 1. The summed E-state index contributed by atoms with van der Waals surface area (Å²) >= 11 is 1.53. The number of benzene rings is 1. The Morgan fingerprint density at radius 1 is 1.40 bits per heavy atom. The van der Waals surface area contributed by atoms with Crippen LogP contribution in [-0.2, 0) is 9.53 Å². The van der Waals surface area contributed by atoms with Crippen molar-refractivity contribution in [2.24, 2.45) is 5.10 Å². The standard InChI is InChI=1S/C23H30N4O2S/c1-6-19(27(25-4)20-11-9-8-10-12-20)13-14-21(15-18(3)16-24)30-17-26-22(7-2)23(28)29-5/h8-13,15,22,26H,3-4,6-7,14,17H2,1-2,5H3/b19-13+,21-15-. The lowest BCUT2D eigenvalue weighted by Gasteiger charge is -2.21. The minimum Gasteiger partial charge on any atom is -0.468 e. The Morgan fingerprint density at radius 2 is 2.10 bits per heavy atom. The molecular weight excluding hydrogens is 396 g/mol. The highest BCUT2D eigenvalue weighted by atomic mass is 32.2. The molecule has 0 heterocycles. The Bertz CT molecular complexity index is 812. The van der Waals surface area contributed by atoms with E-state index < -0.39 is 0 Å². The van der Waals surface area contributed by atoms with Gasteiger partial charge in [0.2, 0.25) is 0 Å². The van der Waals surface area contributed by atoms with E-state index >= 15 is 0 Å². The largest absolute Gasteiger partial charge is 0.468 e.